The summed E-state index contributed by atoms with van der Waals surface area (Å²) in [5.74, 6) is 2.33. The molecule has 1 saturated carbocycles. The van der Waals surface area contributed by atoms with Crippen LogP contribution in [0.4, 0.5) is 0 Å². The monoisotopic (exact) mass is 298 g/mol. The van der Waals surface area contributed by atoms with Crippen LogP contribution in [-0.2, 0) is 4.79 Å². The van der Waals surface area contributed by atoms with Gasteiger partial charge in [0.25, 0.3) is 0 Å². The fraction of sp³-hybridized carbons (Fsp3) is 0.556. The second-order valence-electron chi connectivity index (χ2n) is 6.87. The average molecular weight is 298 g/mol. The van der Waals surface area contributed by atoms with E-state index in [2.05, 4.69) is 17.1 Å². The van der Waals surface area contributed by atoms with Crippen LogP contribution in [0.15, 0.2) is 30.5 Å². The van der Waals surface area contributed by atoms with Crippen LogP contribution in [-0.4, -0.2) is 35.0 Å². The molecule has 4 nitrogen and oxygen atoms in total. The summed E-state index contributed by atoms with van der Waals surface area (Å²) < 4.78 is 5.92. The second kappa shape index (κ2) is 5.41. The molecule has 4 rings (SSSR count). The summed E-state index contributed by atoms with van der Waals surface area (Å²) in [7, 11) is 0. The van der Waals surface area contributed by atoms with Crippen LogP contribution >= 0.6 is 0 Å². The maximum atomic E-state index is 12.7. The molecule has 2 aliphatic carbocycles. The molecule has 0 N–H and O–H groups in total. The first-order chi connectivity index (χ1) is 10.7. The van der Waals surface area contributed by atoms with Gasteiger partial charge in [-0.15, -0.1) is 0 Å². The zero-order valence-corrected chi connectivity index (χ0v) is 12.9. The van der Waals surface area contributed by atoms with Crippen LogP contribution in [0.25, 0.3) is 0 Å². The summed E-state index contributed by atoms with van der Waals surface area (Å²) >= 11 is 0. The molecular weight excluding hydrogens is 276 g/mol. The lowest BCUT2D eigenvalue weighted by Crippen LogP contribution is -2.37. The van der Waals surface area contributed by atoms with Gasteiger partial charge in [0.1, 0.15) is 6.10 Å². The number of hydrogen-bond acceptors (Lipinski definition) is 3. The van der Waals surface area contributed by atoms with Crippen molar-refractivity contribution < 1.29 is 9.53 Å². The molecule has 3 aliphatic rings. The van der Waals surface area contributed by atoms with Gasteiger partial charge in [0.05, 0.1) is 6.54 Å². The third-order valence-electron chi connectivity index (χ3n) is 5.22. The maximum Gasteiger partial charge on any atom is 0.226 e. The smallest absolute Gasteiger partial charge is 0.226 e. The van der Waals surface area contributed by atoms with E-state index in [-0.39, 0.29) is 12.0 Å². The highest BCUT2D eigenvalue weighted by Crippen LogP contribution is 2.44. The summed E-state index contributed by atoms with van der Waals surface area (Å²) in [6.45, 7) is 3.52. The molecule has 1 aromatic rings. The van der Waals surface area contributed by atoms with Gasteiger partial charge in [-0.2, -0.15) is 0 Å². The Morgan fingerprint density at radius 3 is 2.91 bits per heavy atom. The summed E-state index contributed by atoms with van der Waals surface area (Å²) in [5, 5.41) is 0. The number of aromatic nitrogens is 1. The van der Waals surface area contributed by atoms with Gasteiger partial charge >= 0.3 is 0 Å². The fourth-order valence-electron chi connectivity index (χ4n) is 4.02. The Hall–Kier alpha value is -1.84. The van der Waals surface area contributed by atoms with E-state index in [1.54, 1.807) is 0 Å². The fourth-order valence-corrected chi connectivity index (χ4v) is 4.02. The SMILES string of the molecule is Cc1ccc(OC2CCN(C(=O)C3CC4C=CC3C4)C2)nc1. The van der Waals surface area contributed by atoms with Crippen LogP contribution in [0, 0.1) is 24.7 Å². The molecule has 1 aromatic heterocycles. The molecule has 0 spiro atoms. The first kappa shape index (κ1) is 13.8. The highest BCUT2D eigenvalue weighted by Gasteiger charge is 2.42. The topological polar surface area (TPSA) is 42.4 Å². The Balaban J connectivity index is 1.35. The molecule has 1 aliphatic heterocycles. The lowest BCUT2D eigenvalue weighted by molar-refractivity contribution is -0.135. The number of fused-ring (bicyclic) bond motifs is 2. The molecule has 116 valence electrons. The van der Waals surface area contributed by atoms with Crippen molar-refractivity contribution >= 4 is 5.91 Å². The predicted octanol–water partition coefficient (Wildman–Crippen LogP) is 2.58. The third kappa shape index (κ3) is 2.51. The molecule has 0 radical (unpaired) electrons. The van der Waals surface area contributed by atoms with Crippen molar-refractivity contribution in [3.05, 3.63) is 36.0 Å². The van der Waals surface area contributed by atoms with Crippen molar-refractivity contribution in [3.63, 3.8) is 0 Å². The minimum Gasteiger partial charge on any atom is -0.472 e. The van der Waals surface area contributed by atoms with Crippen molar-refractivity contribution in [3.8, 4) is 5.88 Å². The summed E-state index contributed by atoms with van der Waals surface area (Å²) in [6, 6.07) is 3.91. The molecule has 0 aromatic carbocycles. The van der Waals surface area contributed by atoms with Crippen molar-refractivity contribution in [1.29, 1.82) is 0 Å². The number of carbonyl (C=O) groups is 1. The molecule has 4 unspecified atom stereocenters. The molecule has 2 fully saturated rings. The number of hydrogen-bond donors (Lipinski definition) is 0. The zero-order valence-electron chi connectivity index (χ0n) is 12.9. The predicted molar refractivity (Wildman–Crippen MR) is 83.4 cm³/mol. The van der Waals surface area contributed by atoms with E-state index >= 15 is 0 Å². The highest BCUT2D eigenvalue weighted by atomic mass is 16.5. The number of amides is 1. The van der Waals surface area contributed by atoms with Gasteiger partial charge < -0.3 is 9.64 Å². The van der Waals surface area contributed by atoms with E-state index in [0.717, 1.165) is 24.9 Å². The van der Waals surface area contributed by atoms with Crippen LogP contribution in [0.5, 0.6) is 5.88 Å². The number of carbonyl (C=O) groups excluding carboxylic acids is 1. The van der Waals surface area contributed by atoms with E-state index in [4.69, 9.17) is 4.74 Å². The quantitative estimate of drug-likeness (QED) is 0.806. The second-order valence-corrected chi connectivity index (χ2v) is 6.87. The van der Waals surface area contributed by atoms with E-state index in [9.17, 15) is 4.79 Å². The van der Waals surface area contributed by atoms with Gasteiger partial charge in [0.2, 0.25) is 11.8 Å². The Morgan fingerprint density at radius 1 is 1.32 bits per heavy atom. The zero-order chi connectivity index (χ0) is 15.1. The first-order valence-electron chi connectivity index (χ1n) is 8.25. The Bertz CT molecular complexity index is 596. The third-order valence-corrected chi connectivity index (χ3v) is 5.22. The molecule has 2 heterocycles. The van der Waals surface area contributed by atoms with Gasteiger partial charge in [0.15, 0.2) is 0 Å². The first-order valence-corrected chi connectivity index (χ1v) is 8.25. The molecule has 4 atom stereocenters. The summed E-state index contributed by atoms with van der Waals surface area (Å²) in [4.78, 5) is 19.0. The standard InChI is InChI=1S/C18H22N2O2/c1-12-2-5-17(19-10-12)22-15-6-7-20(11-15)18(21)16-9-13-3-4-14(16)8-13/h2-5,10,13-16H,6-9,11H2,1H3. The molecule has 1 amide bonds. The van der Waals surface area contributed by atoms with Gasteiger partial charge in [-0.05, 0) is 37.2 Å². The minimum atomic E-state index is 0.0771. The van der Waals surface area contributed by atoms with E-state index in [0.29, 0.717) is 30.2 Å². The van der Waals surface area contributed by atoms with E-state index < -0.39 is 0 Å². The number of allylic oxidation sites excluding steroid dienone is 2. The molecule has 2 bridgehead atoms. The molecule has 22 heavy (non-hydrogen) atoms. The van der Waals surface area contributed by atoms with Crippen molar-refractivity contribution in [2.45, 2.75) is 32.3 Å². The number of likely N-dealkylation sites (tertiary alicyclic amines) is 1. The number of ether oxygens (including phenoxy) is 1. The van der Waals surface area contributed by atoms with Gasteiger partial charge in [-0.25, -0.2) is 4.98 Å². The van der Waals surface area contributed by atoms with Crippen LogP contribution in [0.3, 0.4) is 0 Å². The molecule has 1 saturated heterocycles. The minimum absolute atomic E-state index is 0.0771. The highest BCUT2D eigenvalue weighted by molar-refractivity contribution is 5.80. The number of rotatable bonds is 3. The van der Waals surface area contributed by atoms with Gasteiger partial charge in [0, 0.05) is 31.1 Å². The van der Waals surface area contributed by atoms with E-state index in [1.165, 1.54) is 6.42 Å². The number of nitrogens with zero attached hydrogens (tertiary/aromatic N) is 2. The Kier molecular flexibility index (Phi) is 3.40. The van der Waals surface area contributed by atoms with Crippen molar-refractivity contribution in [2.75, 3.05) is 13.1 Å². The molecular formula is C18H22N2O2. The van der Waals surface area contributed by atoms with Gasteiger partial charge in [-0.1, -0.05) is 18.2 Å². The number of aryl methyl sites for hydroxylation is 1. The maximum absolute atomic E-state index is 12.7. The van der Waals surface area contributed by atoms with Crippen molar-refractivity contribution in [2.24, 2.45) is 17.8 Å². The number of pyridine rings is 1. The molecule has 4 heteroatoms. The van der Waals surface area contributed by atoms with Crippen LogP contribution in [0.2, 0.25) is 0 Å². The lowest BCUT2D eigenvalue weighted by Gasteiger charge is -2.24. The van der Waals surface area contributed by atoms with Crippen LogP contribution < -0.4 is 4.74 Å². The largest absolute Gasteiger partial charge is 0.472 e. The lowest BCUT2D eigenvalue weighted by atomic mass is 9.92. The Morgan fingerprint density at radius 2 is 2.23 bits per heavy atom. The van der Waals surface area contributed by atoms with Gasteiger partial charge in [-0.3, -0.25) is 4.79 Å². The normalized spacial score (nSPS) is 32.7. The summed E-state index contributed by atoms with van der Waals surface area (Å²) in [5.41, 5.74) is 1.12. The van der Waals surface area contributed by atoms with E-state index in [1.807, 2.05) is 30.2 Å². The van der Waals surface area contributed by atoms with Crippen LogP contribution in [0.1, 0.15) is 24.8 Å². The average Bonchev–Trinajstić information content (AvgIpc) is 3.25. The summed E-state index contributed by atoms with van der Waals surface area (Å²) in [6.07, 6.45) is 9.55. The van der Waals surface area contributed by atoms with Crippen molar-refractivity contribution in [1.82, 2.24) is 9.88 Å². The Labute approximate surface area is 131 Å².